The van der Waals surface area contributed by atoms with Crippen LogP contribution in [0.1, 0.15) is 18.1 Å². The molecule has 1 atom stereocenters. The van der Waals surface area contributed by atoms with Crippen molar-refractivity contribution in [2.24, 2.45) is 5.92 Å². The molecular formula is C11H10ClF3O3. The molecule has 7 heteroatoms. The largest absolute Gasteiger partial charge is 0.507 e. The third-order valence-electron chi connectivity index (χ3n) is 2.41. The van der Waals surface area contributed by atoms with Gasteiger partial charge in [-0.25, -0.2) is 0 Å². The van der Waals surface area contributed by atoms with Gasteiger partial charge in [0.15, 0.2) is 0 Å². The van der Waals surface area contributed by atoms with Crippen LogP contribution in [0.25, 0.3) is 0 Å². The van der Waals surface area contributed by atoms with Crippen molar-refractivity contribution in [3.63, 3.8) is 0 Å². The van der Waals surface area contributed by atoms with Crippen LogP contribution in [0, 0.1) is 5.92 Å². The number of phenols is 1. The molecule has 0 bridgehead atoms. The van der Waals surface area contributed by atoms with Gasteiger partial charge in [-0.2, -0.15) is 13.2 Å². The van der Waals surface area contributed by atoms with E-state index in [1.807, 2.05) is 0 Å². The van der Waals surface area contributed by atoms with E-state index in [1.54, 1.807) is 0 Å². The van der Waals surface area contributed by atoms with E-state index in [2.05, 4.69) is 0 Å². The van der Waals surface area contributed by atoms with E-state index in [-0.39, 0.29) is 17.0 Å². The molecule has 0 aliphatic rings. The van der Waals surface area contributed by atoms with Crippen LogP contribution < -0.4 is 0 Å². The molecule has 1 aromatic carbocycles. The van der Waals surface area contributed by atoms with Crippen molar-refractivity contribution in [2.45, 2.75) is 19.5 Å². The second kappa shape index (κ2) is 5.06. The maximum atomic E-state index is 12.6. The zero-order valence-corrected chi connectivity index (χ0v) is 10.0. The second-order valence-corrected chi connectivity index (χ2v) is 4.34. The van der Waals surface area contributed by atoms with Crippen molar-refractivity contribution in [2.75, 3.05) is 0 Å². The number of carboxylic acids is 1. The molecule has 100 valence electrons. The summed E-state index contributed by atoms with van der Waals surface area (Å²) >= 11 is 5.53. The topological polar surface area (TPSA) is 57.5 Å². The molecule has 2 N–H and O–H groups in total. The highest BCUT2D eigenvalue weighted by atomic mass is 35.5. The van der Waals surface area contributed by atoms with Crippen LogP contribution in [0.15, 0.2) is 12.1 Å². The van der Waals surface area contributed by atoms with Crippen LogP contribution in [0.2, 0.25) is 5.02 Å². The normalized spacial score (nSPS) is 13.4. The lowest BCUT2D eigenvalue weighted by Gasteiger charge is -2.14. The first-order valence-electron chi connectivity index (χ1n) is 4.94. The number of phenolic OH excluding ortho intramolecular Hbond substituents is 1. The molecule has 1 rings (SSSR count). The maximum Gasteiger partial charge on any atom is 0.420 e. The van der Waals surface area contributed by atoms with Crippen LogP contribution in [0.5, 0.6) is 5.75 Å². The van der Waals surface area contributed by atoms with Crippen LogP contribution in [0.3, 0.4) is 0 Å². The van der Waals surface area contributed by atoms with Crippen molar-refractivity contribution in [1.82, 2.24) is 0 Å². The molecule has 0 aromatic heterocycles. The van der Waals surface area contributed by atoms with Gasteiger partial charge >= 0.3 is 12.1 Å². The number of alkyl halides is 3. The van der Waals surface area contributed by atoms with Gasteiger partial charge in [-0.3, -0.25) is 4.79 Å². The highest BCUT2D eigenvalue weighted by Crippen LogP contribution is 2.40. The Hall–Kier alpha value is -1.43. The third-order valence-corrected chi connectivity index (χ3v) is 2.62. The molecule has 18 heavy (non-hydrogen) atoms. The molecule has 0 spiro atoms. The van der Waals surface area contributed by atoms with Crippen LogP contribution in [0.4, 0.5) is 13.2 Å². The van der Waals surface area contributed by atoms with Crippen LogP contribution >= 0.6 is 11.6 Å². The number of aliphatic carboxylic acids is 1. The van der Waals surface area contributed by atoms with Gasteiger partial charge in [0.05, 0.1) is 11.5 Å². The van der Waals surface area contributed by atoms with Gasteiger partial charge < -0.3 is 10.2 Å². The summed E-state index contributed by atoms with van der Waals surface area (Å²) in [6, 6.07) is 1.73. The number of hydrogen-bond donors (Lipinski definition) is 2. The van der Waals surface area contributed by atoms with E-state index in [0.717, 1.165) is 6.07 Å². The highest BCUT2D eigenvalue weighted by molar-refractivity contribution is 6.30. The van der Waals surface area contributed by atoms with E-state index < -0.39 is 29.4 Å². The van der Waals surface area contributed by atoms with Crippen LogP contribution in [-0.4, -0.2) is 16.2 Å². The van der Waals surface area contributed by atoms with E-state index in [0.29, 0.717) is 6.07 Å². The van der Waals surface area contributed by atoms with Gasteiger partial charge in [0.25, 0.3) is 0 Å². The number of aromatic hydroxyl groups is 1. The Labute approximate surface area is 106 Å². The highest BCUT2D eigenvalue weighted by Gasteiger charge is 2.35. The molecule has 1 aromatic rings. The predicted molar refractivity (Wildman–Crippen MR) is 58.6 cm³/mol. The standard InChI is InChI=1S/C11H10ClF3O3/c1-5(10(17)18)2-6-3-7(12)4-8(9(6)16)11(13,14)15/h3-5,16H,2H2,1H3,(H,17,18). The smallest absolute Gasteiger partial charge is 0.420 e. The summed E-state index contributed by atoms with van der Waals surface area (Å²) in [7, 11) is 0. The SMILES string of the molecule is CC(Cc1cc(Cl)cc(C(F)(F)F)c1O)C(=O)O. The Bertz CT molecular complexity index is 471. The Balaban J connectivity index is 3.22. The summed E-state index contributed by atoms with van der Waals surface area (Å²) < 4.78 is 37.7. The van der Waals surface area contributed by atoms with Gasteiger partial charge in [-0.15, -0.1) is 0 Å². The number of hydrogen-bond acceptors (Lipinski definition) is 2. The lowest BCUT2D eigenvalue weighted by atomic mass is 9.98. The van der Waals surface area contributed by atoms with Gasteiger partial charge in [0, 0.05) is 5.02 Å². The average molecular weight is 283 g/mol. The number of halogens is 4. The molecule has 0 heterocycles. The minimum absolute atomic E-state index is 0.135. The summed E-state index contributed by atoms with van der Waals surface area (Å²) in [6.45, 7) is 1.33. The predicted octanol–water partition coefficient (Wildman–Crippen LogP) is 3.33. The molecule has 3 nitrogen and oxygen atoms in total. The molecule has 0 fully saturated rings. The number of carboxylic acid groups (broad SMARTS) is 1. The van der Waals surface area contributed by atoms with Gasteiger partial charge in [-0.05, 0) is 24.1 Å². The molecular weight excluding hydrogens is 273 g/mol. The van der Waals surface area contributed by atoms with Gasteiger partial charge in [-0.1, -0.05) is 18.5 Å². The van der Waals surface area contributed by atoms with Gasteiger partial charge in [0.2, 0.25) is 0 Å². The van der Waals surface area contributed by atoms with Crippen molar-refractivity contribution >= 4 is 17.6 Å². The van der Waals surface area contributed by atoms with Crippen molar-refractivity contribution < 1.29 is 28.2 Å². The summed E-state index contributed by atoms with van der Waals surface area (Å²) in [6.07, 6.45) is -4.97. The number of rotatable bonds is 3. The van der Waals surface area contributed by atoms with E-state index in [1.165, 1.54) is 6.92 Å². The van der Waals surface area contributed by atoms with E-state index in [4.69, 9.17) is 16.7 Å². The Morgan fingerprint density at radius 3 is 2.44 bits per heavy atom. The van der Waals surface area contributed by atoms with Crippen molar-refractivity contribution in [1.29, 1.82) is 0 Å². The zero-order chi connectivity index (χ0) is 14.1. The van der Waals surface area contributed by atoms with Gasteiger partial charge in [0.1, 0.15) is 5.75 Å². The maximum absolute atomic E-state index is 12.6. The second-order valence-electron chi connectivity index (χ2n) is 3.90. The lowest BCUT2D eigenvalue weighted by molar-refractivity contribution is -0.141. The third kappa shape index (κ3) is 3.29. The quantitative estimate of drug-likeness (QED) is 0.894. The average Bonchev–Trinajstić information content (AvgIpc) is 2.21. The first-order valence-corrected chi connectivity index (χ1v) is 5.32. The van der Waals surface area contributed by atoms with E-state index in [9.17, 15) is 23.1 Å². The molecule has 1 unspecified atom stereocenters. The molecule has 0 aliphatic carbocycles. The first kappa shape index (κ1) is 14.6. The lowest BCUT2D eigenvalue weighted by Crippen LogP contribution is -2.13. The number of benzene rings is 1. The summed E-state index contributed by atoms with van der Waals surface area (Å²) in [5.74, 6) is -3.06. The molecule has 0 saturated carbocycles. The molecule has 0 aliphatic heterocycles. The van der Waals surface area contributed by atoms with Crippen LogP contribution in [-0.2, 0) is 17.4 Å². The molecule has 0 amide bonds. The zero-order valence-electron chi connectivity index (χ0n) is 9.25. The van der Waals surface area contributed by atoms with Crippen molar-refractivity contribution in [3.8, 4) is 5.75 Å². The Morgan fingerprint density at radius 1 is 1.44 bits per heavy atom. The van der Waals surface area contributed by atoms with E-state index >= 15 is 0 Å². The minimum atomic E-state index is -4.74. The molecule has 0 saturated heterocycles. The first-order chi connectivity index (χ1) is 8.12. The Kier molecular flexibility index (Phi) is 4.11. The monoisotopic (exact) mass is 282 g/mol. The number of carbonyl (C=O) groups is 1. The summed E-state index contributed by atoms with van der Waals surface area (Å²) in [4.78, 5) is 10.6. The van der Waals surface area contributed by atoms with Crippen molar-refractivity contribution in [3.05, 3.63) is 28.3 Å². The summed E-state index contributed by atoms with van der Waals surface area (Å²) in [5, 5.41) is 18.0. The fourth-order valence-corrected chi connectivity index (χ4v) is 1.69. The fourth-order valence-electron chi connectivity index (χ4n) is 1.44. The minimum Gasteiger partial charge on any atom is -0.507 e. The molecule has 0 radical (unpaired) electrons. The Morgan fingerprint density at radius 2 is 2.00 bits per heavy atom. The fraction of sp³-hybridized carbons (Fsp3) is 0.364. The summed E-state index contributed by atoms with van der Waals surface area (Å²) in [5.41, 5.74) is -1.40.